The van der Waals surface area contributed by atoms with Crippen LogP contribution in [0.25, 0.3) is 0 Å². The van der Waals surface area contributed by atoms with E-state index in [0.717, 1.165) is 23.2 Å². The van der Waals surface area contributed by atoms with Crippen LogP contribution in [-0.2, 0) is 17.8 Å². The molecule has 0 fully saturated rings. The third-order valence-electron chi connectivity index (χ3n) is 2.22. The smallest absolute Gasteiger partial charge is 0.228 e. The molecule has 0 atom stereocenters. The lowest BCUT2D eigenvalue weighted by atomic mass is 10.1. The van der Waals surface area contributed by atoms with Crippen molar-refractivity contribution in [1.29, 1.82) is 0 Å². The van der Waals surface area contributed by atoms with Crippen molar-refractivity contribution in [2.75, 3.05) is 10.8 Å². The third kappa shape index (κ3) is 1.96. The predicted molar refractivity (Wildman–Crippen MR) is 59.4 cm³/mol. The van der Waals surface area contributed by atoms with E-state index in [-0.39, 0.29) is 5.91 Å². The quantitative estimate of drug-likeness (QED) is 0.636. The Morgan fingerprint density at radius 2 is 2.36 bits per heavy atom. The molecule has 3 nitrogen and oxygen atoms in total. The summed E-state index contributed by atoms with van der Waals surface area (Å²) in [7, 11) is 0. The fourth-order valence-corrected chi connectivity index (χ4v) is 1.78. The maximum atomic E-state index is 11.1. The second-order valence-electron chi connectivity index (χ2n) is 3.28. The van der Waals surface area contributed by atoms with Gasteiger partial charge in [-0.3, -0.25) is 4.79 Å². The maximum absolute atomic E-state index is 11.1. The summed E-state index contributed by atoms with van der Waals surface area (Å²) in [4.78, 5) is 11.1. The molecule has 4 heteroatoms. The van der Waals surface area contributed by atoms with Crippen LogP contribution in [-0.4, -0.2) is 11.4 Å². The molecule has 0 saturated carbocycles. The van der Waals surface area contributed by atoms with Gasteiger partial charge < -0.3 is 10.6 Å². The molecule has 1 aromatic rings. The summed E-state index contributed by atoms with van der Waals surface area (Å²) in [6.07, 6.45) is 0.511. The standard InChI is InChI=1S/C10H11BrN2O/c11-6-12-5-7-1-2-9-8(3-7)4-10(14)13-9/h1-3,12H,4-6H2,(H,13,14). The first kappa shape index (κ1) is 9.68. The largest absolute Gasteiger partial charge is 0.326 e. The normalized spacial score (nSPS) is 13.9. The Morgan fingerprint density at radius 3 is 3.14 bits per heavy atom. The van der Waals surface area contributed by atoms with Gasteiger partial charge in [-0.25, -0.2) is 0 Å². The van der Waals surface area contributed by atoms with Crippen molar-refractivity contribution in [3.8, 4) is 0 Å². The molecule has 1 aliphatic heterocycles. The van der Waals surface area contributed by atoms with Gasteiger partial charge in [0.2, 0.25) is 5.91 Å². The van der Waals surface area contributed by atoms with Crippen molar-refractivity contribution >= 4 is 27.5 Å². The number of halogens is 1. The zero-order chi connectivity index (χ0) is 9.97. The Bertz CT molecular complexity index is 365. The van der Waals surface area contributed by atoms with Gasteiger partial charge in [0, 0.05) is 12.2 Å². The zero-order valence-electron chi connectivity index (χ0n) is 7.64. The summed E-state index contributed by atoms with van der Waals surface area (Å²) in [6.45, 7) is 0.826. The lowest BCUT2D eigenvalue weighted by molar-refractivity contribution is -0.115. The minimum atomic E-state index is 0.0885. The number of carbonyl (C=O) groups is 1. The molecule has 14 heavy (non-hydrogen) atoms. The molecule has 0 aliphatic carbocycles. The molecular weight excluding hydrogens is 244 g/mol. The van der Waals surface area contributed by atoms with Crippen molar-refractivity contribution in [2.45, 2.75) is 13.0 Å². The van der Waals surface area contributed by atoms with Crippen LogP contribution < -0.4 is 10.6 Å². The molecule has 74 valence electrons. The second-order valence-corrected chi connectivity index (χ2v) is 3.84. The number of benzene rings is 1. The number of anilines is 1. The Labute approximate surface area is 91.0 Å². The highest BCUT2D eigenvalue weighted by molar-refractivity contribution is 9.09. The molecule has 0 aromatic heterocycles. The molecule has 1 heterocycles. The molecule has 0 radical (unpaired) electrons. The Morgan fingerprint density at radius 1 is 1.50 bits per heavy atom. The lowest BCUT2D eigenvalue weighted by Gasteiger charge is -2.03. The number of carbonyl (C=O) groups excluding carboxylic acids is 1. The monoisotopic (exact) mass is 254 g/mol. The number of amides is 1. The van der Waals surface area contributed by atoms with E-state index >= 15 is 0 Å². The van der Waals surface area contributed by atoms with Gasteiger partial charge in [0.05, 0.1) is 11.9 Å². The molecule has 0 bridgehead atoms. The van der Waals surface area contributed by atoms with Crippen LogP contribution in [0.2, 0.25) is 0 Å². The van der Waals surface area contributed by atoms with Crippen molar-refractivity contribution < 1.29 is 4.79 Å². The van der Waals surface area contributed by atoms with Gasteiger partial charge in [0.15, 0.2) is 0 Å². The van der Waals surface area contributed by atoms with Crippen LogP contribution >= 0.6 is 15.9 Å². The average molecular weight is 255 g/mol. The van der Waals surface area contributed by atoms with E-state index in [4.69, 9.17) is 0 Å². The second kappa shape index (κ2) is 4.11. The summed E-state index contributed by atoms with van der Waals surface area (Å²) in [5.41, 5.74) is 4.04. The highest BCUT2D eigenvalue weighted by Gasteiger charge is 2.16. The Hall–Kier alpha value is -0.870. The van der Waals surface area contributed by atoms with E-state index < -0.39 is 0 Å². The van der Waals surface area contributed by atoms with E-state index in [0.29, 0.717) is 6.42 Å². The fraction of sp³-hybridized carbons (Fsp3) is 0.300. The topological polar surface area (TPSA) is 41.1 Å². The van der Waals surface area contributed by atoms with Crippen molar-refractivity contribution in [1.82, 2.24) is 5.32 Å². The summed E-state index contributed by atoms with van der Waals surface area (Å²) < 4.78 is 0. The number of rotatable bonds is 3. The van der Waals surface area contributed by atoms with E-state index in [1.807, 2.05) is 12.1 Å². The van der Waals surface area contributed by atoms with Gasteiger partial charge in [0.1, 0.15) is 0 Å². The summed E-state index contributed by atoms with van der Waals surface area (Å²) in [6, 6.07) is 6.06. The predicted octanol–water partition coefficient (Wildman–Crippen LogP) is 1.62. The highest BCUT2D eigenvalue weighted by Crippen LogP contribution is 2.23. The first-order valence-corrected chi connectivity index (χ1v) is 5.60. The van der Waals surface area contributed by atoms with Gasteiger partial charge in [0.25, 0.3) is 0 Å². The van der Waals surface area contributed by atoms with Crippen LogP contribution in [0.15, 0.2) is 18.2 Å². The summed E-state index contributed by atoms with van der Waals surface area (Å²) in [5.74, 6) is 0.0885. The average Bonchev–Trinajstić information content (AvgIpc) is 2.54. The van der Waals surface area contributed by atoms with Crippen LogP contribution in [0.5, 0.6) is 0 Å². The zero-order valence-corrected chi connectivity index (χ0v) is 9.23. The van der Waals surface area contributed by atoms with E-state index in [1.54, 1.807) is 0 Å². The third-order valence-corrected chi connectivity index (χ3v) is 2.61. The van der Waals surface area contributed by atoms with Crippen molar-refractivity contribution in [2.24, 2.45) is 0 Å². The minimum absolute atomic E-state index is 0.0885. The Balaban J connectivity index is 2.16. The van der Waals surface area contributed by atoms with E-state index in [9.17, 15) is 4.79 Å². The molecule has 1 aliphatic rings. The first-order valence-electron chi connectivity index (χ1n) is 4.48. The highest BCUT2D eigenvalue weighted by atomic mass is 79.9. The van der Waals surface area contributed by atoms with Crippen molar-refractivity contribution in [3.63, 3.8) is 0 Å². The fourth-order valence-electron chi connectivity index (χ4n) is 1.58. The SMILES string of the molecule is O=C1Cc2cc(CNCBr)ccc2N1. The molecule has 0 unspecified atom stereocenters. The number of alkyl halides is 1. The van der Waals surface area contributed by atoms with E-state index in [1.165, 1.54) is 5.56 Å². The number of fused-ring (bicyclic) bond motifs is 1. The van der Waals surface area contributed by atoms with Gasteiger partial charge in [-0.1, -0.05) is 28.1 Å². The van der Waals surface area contributed by atoms with Crippen LogP contribution in [0, 0.1) is 0 Å². The lowest BCUT2D eigenvalue weighted by Crippen LogP contribution is -2.09. The molecule has 2 rings (SSSR count). The molecule has 1 amide bonds. The van der Waals surface area contributed by atoms with Crippen LogP contribution in [0.3, 0.4) is 0 Å². The molecule has 1 aromatic carbocycles. The van der Waals surface area contributed by atoms with Gasteiger partial charge in [-0.15, -0.1) is 0 Å². The summed E-state index contributed by atoms with van der Waals surface area (Å²) >= 11 is 3.30. The maximum Gasteiger partial charge on any atom is 0.228 e. The number of hydrogen-bond acceptors (Lipinski definition) is 2. The Kier molecular flexibility index (Phi) is 2.84. The molecule has 2 N–H and O–H groups in total. The molecule has 0 spiro atoms. The van der Waals surface area contributed by atoms with E-state index in [2.05, 4.69) is 32.6 Å². The minimum Gasteiger partial charge on any atom is -0.326 e. The van der Waals surface area contributed by atoms with Crippen LogP contribution in [0.4, 0.5) is 5.69 Å². The number of hydrogen-bond donors (Lipinski definition) is 2. The van der Waals surface area contributed by atoms with Crippen molar-refractivity contribution in [3.05, 3.63) is 29.3 Å². The van der Waals surface area contributed by atoms with Gasteiger partial charge >= 0.3 is 0 Å². The number of nitrogens with one attached hydrogen (secondary N) is 2. The van der Waals surface area contributed by atoms with Gasteiger partial charge in [-0.2, -0.15) is 0 Å². The summed E-state index contributed by atoms with van der Waals surface area (Å²) in [5, 5.41) is 5.99. The first-order chi connectivity index (χ1) is 6.79. The molecular formula is C10H11BrN2O. The van der Waals surface area contributed by atoms with Gasteiger partial charge in [-0.05, 0) is 17.2 Å². The van der Waals surface area contributed by atoms with Crippen LogP contribution in [0.1, 0.15) is 11.1 Å². The molecule has 0 saturated heterocycles.